The third-order valence-corrected chi connectivity index (χ3v) is 3.06. The Balaban J connectivity index is 2.51. The Morgan fingerprint density at radius 1 is 1.05 bits per heavy atom. The van der Waals surface area contributed by atoms with Gasteiger partial charge in [0.05, 0.1) is 12.5 Å². The molecule has 0 bridgehead atoms. The zero-order valence-electron chi connectivity index (χ0n) is 13.4. The Morgan fingerprint density at radius 3 is 1.86 bits per heavy atom. The molecule has 0 aliphatic carbocycles. The van der Waals surface area contributed by atoms with E-state index in [1.807, 2.05) is 13.8 Å². The maximum Gasteiger partial charge on any atom is 0.227 e. The summed E-state index contributed by atoms with van der Waals surface area (Å²) < 4.78 is 5.07. The van der Waals surface area contributed by atoms with Gasteiger partial charge in [-0.2, -0.15) is 0 Å². The van der Waals surface area contributed by atoms with Gasteiger partial charge in [-0.25, -0.2) is 0 Å². The van der Waals surface area contributed by atoms with Crippen LogP contribution in [0.1, 0.15) is 26.7 Å². The number of methoxy groups -OCH3 is 1. The van der Waals surface area contributed by atoms with Gasteiger partial charge in [0.25, 0.3) is 0 Å². The number of hydrogen-bond acceptors (Lipinski definition) is 4. The van der Waals surface area contributed by atoms with Crippen LogP contribution in [0.15, 0.2) is 24.3 Å². The van der Waals surface area contributed by atoms with Gasteiger partial charge in [0.2, 0.25) is 11.8 Å². The number of ether oxygens (including phenoxy) is 1. The second kappa shape index (κ2) is 9.17. The third-order valence-electron chi connectivity index (χ3n) is 3.06. The Morgan fingerprint density at radius 2 is 1.50 bits per heavy atom. The average molecular weight is 307 g/mol. The maximum atomic E-state index is 11.8. The van der Waals surface area contributed by atoms with Crippen LogP contribution >= 0.6 is 0 Å². The van der Waals surface area contributed by atoms with Gasteiger partial charge in [0.1, 0.15) is 0 Å². The highest BCUT2D eigenvalue weighted by Gasteiger charge is 2.11. The molecular weight excluding hydrogens is 282 g/mol. The number of benzene rings is 1. The lowest BCUT2D eigenvalue weighted by Crippen LogP contribution is -2.28. The number of amides is 2. The molecule has 0 aliphatic rings. The molecule has 6 nitrogen and oxygen atoms in total. The highest BCUT2D eigenvalue weighted by atomic mass is 16.5. The van der Waals surface area contributed by atoms with Gasteiger partial charge in [-0.05, 0) is 30.2 Å². The fraction of sp³-hybridized carbons (Fsp3) is 0.500. The van der Waals surface area contributed by atoms with E-state index in [9.17, 15) is 9.59 Å². The second-order valence-electron chi connectivity index (χ2n) is 5.57. The Hall–Kier alpha value is -1.92. The summed E-state index contributed by atoms with van der Waals surface area (Å²) in [6.07, 6.45) is 0.408. The molecule has 4 N–H and O–H groups in total. The van der Waals surface area contributed by atoms with Crippen LogP contribution in [0.4, 0.5) is 11.4 Å². The average Bonchev–Trinajstić information content (AvgIpc) is 2.46. The molecule has 0 heterocycles. The summed E-state index contributed by atoms with van der Waals surface area (Å²) in [5, 5.41) is 5.58. The van der Waals surface area contributed by atoms with E-state index in [-0.39, 0.29) is 24.3 Å². The standard InChI is InChI=1S/C16H25N3O3/c1-11(2)8-15(20)18-12-4-6-13(7-5-12)19-16(21)9-14(10-17)22-3/h4-7,11,14H,8-10,17H2,1-3H3,(H,18,20)(H,19,21). The number of nitrogens with one attached hydrogen (secondary N) is 2. The number of anilines is 2. The largest absolute Gasteiger partial charge is 0.380 e. The van der Waals surface area contributed by atoms with Crippen molar-refractivity contribution < 1.29 is 14.3 Å². The van der Waals surface area contributed by atoms with Crippen molar-refractivity contribution in [3.05, 3.63) is 24.3 Å². The first-order valence-corrected chi connectivity index (χ1v) is 7.37. The van der Waals surface area contributed by atoms with E-state index >= 15 is 0 Å². The summed E-state index contributed by atoms with van der Waals surface area (Å²) in [6.45, 7) is 4.28. The summed E-state index contributed by atoms with van der Waals surface area (Å²) in [4.78, 5) is 23.5. The smallest absolute Gasteiger partial charge is 0.227 e. The van der Waals surface area contributed by atoms with Gasteiger partial charge < -0.3 is 21.1 Å². The molecule has 0 saturated heterocycles. The monoisotopic (exact) mass is 307 g/mol. The van der Waals surface area contributed by atoms with E-state index in [4.69, 9.17) is 10.5 Å². The van der Waals surface area contributed by atoms with E-state index in [1.165, 1.54) is 7.11 Å². The van der Waals surface area contributed by atoms with Crippen LogP contribution in [0.25, 0.3) is 0 Å². The van der Waals surface area contributed by atoms with Crippen LogP contribution < -0.4 is 16.4 Å². The minimum atomic E-state index is -0.283. The van der Waals surface area contributed by atoms with Crippen LogP contribution in [0.5, 0.6) is 0 Å². The normalized spacial score (nSPS) is 12.0. The van der Waals surface area contributed by atoms with E-state index in [2.05, 4.69) is 10.6 Å². The Kier molecular flexibility index (Phi) is 7.56. The highest BCUT2D eigenvalue weighted by molar-refractivity contribution is 5.93. The van der Waals surface area contributed by atoms with Gasteiger partial charge in [0, 0.05) is 31.5 Å². The fourth-order valence-electron chi connectivity index (χ4n) is 1.90. The lowest BCUT2D eigenvalue weighted by molar-refractivity contribution is -0.118. The molecule has 0 saturated carbocycles. The van der Waals surface area contributed by atoms with Crippen LogP contribution in [-0.2, 0) is 14.3 Å². The molecule has 1 atom stereocenters. The Labute approximate surface area is 131 Å². The summed E-state index contributed by atoms with van der Waals surface area (Å²) in [5.41, 5.74) is 6.85. The van der Waals surface area contributed by atoms with Crippen molar-refractivity contribution in [3.8, 4) is 0 Å². The minimum absolute atomic E-state index is 0.0160. The summed E-state index contributed by atoms with van der Waals surface area (Å²) in [6, 6.07) is 7.00. The molecule has 0 fully saturated rings. The third kappa shape index (κ3) is 6.69. The number of carbonyl (C=O) groups excluding carboxylic acids is 2. The molecule has 6 heteroatoms. The molecule has 1 rings (SSSR count). The van der Waals surface area contributed by atoms with Crippen LogP contribution in [0, 0.1) is 5.92 Å². The van der Waals surface area contributed by atoms with Crippen LogP contribution in [-0.4, -0.2) is 31.6 Å². The van der Waals surface area contributed by atoms with Crippen molar-refractivity contribution in [2.45, 2.75) is 32.8 Å². The molecule has 1 unspecified atom stereocenters. The molecular formula is C16H25N3O3. The molecule has 2 amide bonds. The zero-order valence-corrected chi connectivity index (χ0v) is 13.4. The summed E-state index contributed by atoms with van der Waals surface area (Å²) in [7, 11) is 1.53. The quantitative estimate of drug-likeness (QED) is 0.684. The number of hydrogen-bond donors (Lipinski definition) is 3. The molecule has 1 aromatic carbocycles. The molecule has 22 heavy (non-hydrogen) atoms. The topological polar surface area (TPSA) is 93.4 Å². The number of nitrogens with two attached hydrogens (primary N) is 1. The molecule has 0 radical (unpaired) electrons. The molecule has 0 spiro atoms. The first-order valence-electron chi connectivity index (χ1n) is 7.37. The van der Waals surface area contributed by atoms with E-state index < -0.39 is 0 Å². The number of rotatable bonds is 8. The van der Waals surface area contributed by atoms with Crippen molar-refractivity contribution in [1.82, 2.24) is 0 Å². The molecule has 0 aromatic heterocycles. The van der Waals surface area contributed by atoms with Gasteiger partial charge in [-0.1, -0.05) is 13.8 Å². The molecule has 0 aliphatic heterocycles. The zero-order chi connectivity index (χ0) is 16.5. The lowest BCUT2D eigenvalue weighted by atomic mass is 10.1. The summed E-state index contributed by atoms with van der Waals surface area (Å²) in [5.74, 6) is 0.140. The first kappa shape index (κ1) is 18.1. The fourth-order valence-corrected chi connectivity index (χ4v) is 1.90. The maximum absolute atomic E-state index is 11.8. The van der Waals surface area contributed by atoms with Gasteiger partial charge >= 0.3 is 0 Å². The Bertz CT molecular complexity index is 482. The van der Waals surface area contributed by atoms with E-state index in [0.717, 1.165) is 0 Å². The lowest BCUT2D eigenvalue weighted by Gasteiger charge is -2.13. The predicted molar refractivity (Wildman–Crippen MR) is 87.6 cm³/mol. The number of carbonyl (C=O) groups is 2. The van der Waals surface area contributed by atoms with Crippen molar-refractivity contribution >= 4 is 23.2 Å². The highest BCUT2D eigenvalue weighted by Crippen LogP contribution is 2.15. The first-order chi connectivity index (χ1) is 10.4. The van der Waals surface area contributed by atoms with E-state index in [0.29, 0.717) is 30.3 Å². The van der Waals surface area contributed by atoms with Gasteiger partial charge in [-0.3, -0.25) is 9.59 Å². The van der Waals surface area contributed by atoms with E-state index in [1.54, 1.807) is 24.3 Å². The predicted octanol–water partition coefficient (Wildman–Crippen LogP) is 1.97. The van der Waals surface area contributed by atoms with Gasteiger partial charge in [-0.15, -0.1) is 0 Å². The second-order valence-corrected chi connectivity index (χ2v) is 5.57. The van der Waals surface area contributed by atoms with Crippen molar-refractivity contribution in [2.75, 3.05) is 24.3 Å². The van der Waals surface area contributed by atoms with Crippen molar-refractivity contribution in [3.63, 3.8) is 0 Å². The SMILES string of the molecule is COC(CN)CC(=O)Nc1ccc(NC(=O)CC(C)C)cc1. The van der Waals surface area contributed by atoms with Crippen molar-refractivity contribution in [2.24, 2.45) is 11.7 Å². The van der Waals surface area contributed by atoms with Crippen LogP contribution in [0.2, 0.25) is 0 Å². The summed E-state index contributed by atoms with van der Waals surface area (Å²) >= 11 is 0. The molecule has 1 aromatic rings. The van der Waals surface area contributed by atoms with Crippen molar-refractivity contribution in [1.29, 1.82) is 0 Å². The van der Waals surface area contributed by atoms with Crippen LogP contribution in [0.3, 0.4) is 0 Å². The van der Waals surface area contributed by atoms with Gasteiger partial charge in [0.15, 0.2) is 0 Å². The minimum Gasteiger partial charge on any atom is -0.380 e. The molecule has 122 valence electrons.